The van der Waals surface area contributed by atoms with Gasteiger partial charge in [-0.25, -0.2) is 9.59 Å². The zero-order valence-electron chi connectivity index (χ0n) is 11.6. The molecule has 0 aliphatic heterocycles. The number of nitrogens with zero attached hydrogens (tertiary/aromatic N) is 2. The van der Waals surface area contributed by atoms with Crippen LogP contribution in [0.15, 0.2) is 0 Å². The van der Waals surface area contributed by atoms with Crippen molar-refractivity contribution in [1.29, 1.82) is 0 Å². The minimum atomic E-state index is -1.54. The van der Waals surface area contributed by atoms with E-state index in [1.54, 1.807) is 6.92 Å². The second-order valence-corrected chi connectivity index (χ2v) is 4.24. The molecule has 114 valence electrons. The number of hydrogen-bond acceptors (Lipinski definition) is 4. The summed E-state index contributed by atoms with van der Waals surface area (Å²) in [6.45, 7) is 1.59. The van der Waals surface area contributed by atoms with Crippen molar-refractivity contribution in [3.8, 4) is 0 Å². The highest BCUT2D eigenvalue weighted by Gasteiger charge is 2.26. The quantitative estimate of drug-likeness (QED) is 0.553. The molecule has 0 aromatic rings. The minimum Gasteiger partial charge on any atom is -0.481 e. The molecule has 3 amide bonds. The van der Waals surface area contributed by atoms with Crippen LogP contribution < -0.4 is 5.32 Å². The highest BCUT2D eigenvalue weighted by Crippen LogP contribution is 1.97. The van der Waals surface area contributed by atoms with Crippen LogP contribution in [0.1, 0.15) is 13.3 Å². The van der Waals surface area contributed by atoms with E-state index in [4.69, 9.17) is 10.2 Å². The van der Waals surface area contributed by atoms with Gasteiger partial charge in [0.2, 0.25) is 5.91 Å². The Balaban J connectivity index is 4.70. The van der Waals surface area contributed by atoms with E-state index in [-0.39, 0.29) is 19.0 Å². The van der Waals surface area contributed by atoms with E-state index in [1.165, 1.54) is 19.0 Å². The van der Waals surface area contributed by atoms with Crippen LogP contribution in [0, 0.1) is 0 Å². The van der Waals surface area contributed by atoms with Crippen LogP contribution in [0.2, 0.25) is 0 Å². The number of carbonyl (C=O) groups excluding carboxylic acids is 2. The smallest absolute Gasteiger partial charge is 0.326 e. The van der Waals surface area contributed by atoms with Crippen molar-refractivity contribution in [1.82, 2.24) is 15.1 Å². The molecule has 0 aliphatic rings. The molecule has 1 unspecified atom stereocenters. The van der Waals surface area contributed by atoms with Gasteiger partial charge in [0.25, 0.3) is 0 Å². The van der Waals surface area contributed by atoms with Crippen molar-refractivity contribution in [3.05, 3.63) is 0 Å². The molecule has 0 fully saturated rings. The van der Waals surface area contributed by atoms with Crippen molar-refractivity contribution in [2.75, 3.05) is 27.2 Å². The Bertz CT molecular complexity index is 396. The third kappa shape index (κ3) is 6.03. The third-order valence-corrected chi connectivity index (χ3v) is 2.47. The molecule has 0 heterocycles. The average molecular weight is 289 g/mol. The van der Waals surface area contributed by atoms with Crippen LogP contribution in [-0.2, 0) is 14.4 Å². The van der Waals surface area contributed by atoms with Gasteiger partial charge in [-0.1, -0.05) is 0 Å². The molecule has 3 N–H and O–H groups in total. The minimum absolute atomic E-state index is 0.185. The highest BCUT2D eigenvalue weighted by molar-refractivity contribution is 5.88. The monoisotopic (exact) mass is 289 g/mol. The molecule has 0 saturated carbocycles. The third-order valence-electron chi connectivity index (χ3n) is 2.47. The Morgan fingerprint density at radius 2 is 1.70 bits per heavy atom. The predicted octanol–water partition coefficient (Wildman–Crippen LogP) is -0.966. The van der Waals surface area contributed by atoms with Crippen molar-refractivity contribution >= 4 is 23.9 Å². The normalized spacial score (nSPS) is 11.3. The number of urea groups is 1. The summed E-state index contributed by atoms with van der Waals surface area (Å²) in [6, 6.07) is -2.33. The van der Waals surface area contributed by atoms with E-state index >= 15 is 0 Å². The number of likely N-dealkylation sites (N-methyl/N-ethyl adjacent to an activating group) is 2. The summed E-state index contributed by atoms with van der Waals surface area (Å²) < 4.78 is 0. The fourth-order valence-corrected chi connectivity index (χ4v) is 1.25. The molecule has 0 spiro atoms. The number of carbonyl (C=O) groups is 4. The fraction of sp³-hybridized carbons (Fsp3) is 0.636. The molecule has 0 aromatic heterocycles. The van der Waals surface area contributed by atoms with Crippen molar-refractivity contribution in [3.63, 3.8) is 0 Å². The first-order valence-corrected chi connectivity index (χ1v) is 5.89. The van der Waals surface area contributed by atoms with Gasteiger partial charge in [0.15, 0.2) is 0 Å². The van der Waals surface area contributed by atoms with E-state index in [9.17, 15) is 19.2 Å². The van der Waals surface area contributed by atoms with Crippen LogP contribution in [-0.4, -0.2) is 77.1 Å². The van der Waals surface area contributed by atoms with E-state index in [0.717, 1.165) is 4.90 Å². The van der Waals surface area contributed by atoms with Crippen LogP contribution in [0.25, 0.3) is 0 Å². The largest absolute Gasteiger partial charge is 0.481 e. The van der Waals surface area contributed by atoms with Gasteiger partial charge in [0, 0.05) is 20.6 Å². The topological polar surface area (TPSA) is 127 Å². The van der Waals surface area contributed by atoms with Crippen molar-refractivity contribution < 1.29 is 29.4 Å². The summed E-state index contributed by atoms with van der Waals surface area (Å²) in [7, 11) is 3.05. The van der Waals surface area contributed by atoms with Crippen LogP contribution >= 0.6 is 0 Å². The van der Waals surface area contributed by atoms with Crippen LogP contribution in [0.4, 0.5) is 4.79 Å². The maximum atomic E-state index is 11.8. The Kier molecular flexibility index (Phi) is 7.05. The van der Waals surface area contributed by atoms with Gasteiger partial charge in [-0.05, 0) is 6.92 Å². The zero-order chi connectivity index (χ0) is 15.9. The SMILES string of the molecule is CCN(CC(=O)N(C)C)C(=O)NC(CC(=O)O)C(=O)O. The molecule has 0 radical (unpaired) electrons. The van der Waals surface area contributed by atoms with E-state index in [0.29, 0.717) is 0 Å². The first-order chi connectivity index (χ1) is 9.18. The van der Waals surface area contributed by atoms with Gasteiger partial charge >= 0.3 is 18.0 Å². The van der Waals surface area contributed by atoms with E-state index in [1.807, 2.05) is 0 Å². The van der Waals surface area contributed by atoms with Gasteiger partial charge < -0.3 is 25.3 Å². The fourth-order valence-electron chi connectivity index (χ4n) is 1.25. The second kappa shape index (κ2) is 7.97. The molecular formula is C11H19N3O6. The molecule has 9 heteroatoms. The molecule has 20 heavy (non-hydrogen) atoms. The predicted molar refractivity (Wildman–Crippen MR) is 68.1 cm³/mol. The summed E-state index contributed by atoms with van der Waals surface area (Å²) in [5, 5.41) is 19.5. The average Bonchev–Trinajstić information content (AvgIpc) is 2.33. The lowest BCUT2D eigenvalue weighted by atomic mass is 10.2. The maximum Gasteiger partial charge on any atom is 0.326 e. The summed E-state index contributed by atoms with van der Waals surface area (Å²) in [4.78, 5) is 47.1. The van der Waals surface area contributed by atoms with E-state index < -0.39 is 30.4 Å². The Labute approximate surface area is 116 Å². The number of nitrogens with one attached hydrogen (secondary N) is 1. The highest BCUT2D eigenvalue weighted by atomic mass is 16.4. The zero-order valence-corrected chi connectivity index (χ0v) is 11.6. The van der Waals surface area contributed by atoms with Gasteiger partial charge in [-0.15, -0.1) is 0 Å². The second-order valence-electron chi connectivity index (χ2n) is 4.24. The van der Waals surface area contributed by atoms with E-state index in [2.05, 4.69) is 5.32 Å². The molecule has 0 rings (SSSR count). The summed E-state index contributed by atoms with van der Waals surface area (Å²) >= 11 is 0. The van der Waals surface area contributed by atoms with Crippen molar-refractivity contribution in [2.45, 2.75) is 19.4 Å². The Hall–Kier alpha value is -2.32. The lowest BCUT2D eigenvalue weighted by molar-refractivity contribution is -0.145. The lowest BCUT2D eigenvalue weighted by Crippen LogP contribution is -2.51. The molecular weight excluding hydrogens is 270 g/mol. The molecule has 9 nitrogen and oxygen atoms in total. The molecule has 0 bridgehead atoms. The number of amides is 3. The molecule has 0 saturated heterocycles. The summed E-state index contributed by atoms with van der Waals surface area (Å²) in [5.74, 6) is -3.12. The van der Waals surface area contributed by atoms with Crippen molar-refractivity contribution in [2.24, 2.45) is 0 Å². The summed E-state index contributed by atoms with van der Waals surface area (Å²) in [6.07, 6.45) is -0.736. The van der Waals surface area contributed by atoms with Crippen LogP contribution in [0.5, 0.6) is 0 Å². The number of carboxylic acid groups (broad SMARTS) is 2. The number of hydrogen-bond donors (Lipinski definition) is 3. The number of aliphatic carboxylic acids is 2. The molecule has 0 aliphatic carbocycles. The first kappa shape index (κ1) is 17.7. The Morgan fingerprint density at radius 3 is 2.05 bits per heavy atom. The summed E-state index contributed by atoms with van der Waals surface area (Å²) in [5.41, 5.74) is 0. The van der Waals surface area contributed by atoms with Crippen LogP contribution in [0.3, 0.4) is 0 Å². The van der Waals surface area contributed by atoms with Gasteiger partial charge in [0.1, 0.15) is 12.6 Å². The number of rotatable bonds is 7. The maximum absolute atomic E-state index is 11.8. The first-order valence-electron chi connectivity index (χ1n) is 5.89. The molecule has 1 atom stereocenters. The lowest BCUT2D eigenvalue weighted by Gasteiger charge is -2.24. The molecule has 0 aromatic carbocycles. The van der Waals surface area contributed by atoms with Gasteiger partial charge in [0.05, 0.1) is 6.42 Å². The Morgan fingerprint density at radius 1 is 1.15 bits per heavy atom. The standard InChI is InChI=1S/C11H19N3O6/c1-4-14(6-8(15)13(2)3)11(20)12-7(10(18)19)5-9(16)17/h7H,4-6H2,1-3H3,(H,12,20)(H,16,17)(H,18,19). The van der Waals surface area contributed by atoms with Gasteiger partial charge in [-0.3, -0.25) is 9.59 Å². The number of carboxylic acids is 2. The van der Waals surface area contributed by atoms with Gasteiger partial charge in [-0.2, -0.15) is 0 Å².